The van der Waals surface area contributed by atoms with Crippen LogP contribution < -0.4 is 5.32 Å². The molecule has 2 amide bonds. The van der Waals surface area contributed by atoms with Crippen molar-refractivity contribution in [1.29, 1.82) is 0 Å². The molecule has 0 rings (SSSR count). The quantitative estimate of drug-likeness (QED) is 0.748. The largest absolute Gasteiger partial charge is 0.480 e. The van der Waals surface area contributed by atoms with Crippen LogP contribution in [0.2, 0.25) is 0 Å². The van der Waals surface area contributed by atoms with Crippen LogP contribution in [0.25, 0.3) is 0 Å². The number of rotatable bonds is 6. The van der Waals surface area contributed by atoms with Crippen LogP contribution >= 0.6 is 0 Å². The van der Waals surface area contributed by atoms with Crippen molar-refractivity contribution >= 4 is 18.0 Å². The van der Waals surface area contributed by atoms with Crippen LogP contribution in [0.3, 0.4) is 0 Å². The molecule has 110 valence electrons. The lowest BCUT2D eigenvalue weighted by molar-refractivity contribution is -0.144. The van der Waals surface area contributed by atoms with Crippen molar-refractivity contribution < 1.29 is 24.2 Å². The Balaban J connectivity index is 4.25. The number of hydrogen-bond donors (Lipinski definition) is 2. The Bertz CT molecular complexity index is 336. The van der Waals surface area contributed by atoms with Crippen LogP contribution in [0.1, 0.15) is 34.1 Å². The molecule has 2 N–H and O–H groups in total. The smallest absolute Gasteiger partial charge is 0.408 e. The minimum atomic E-state index is -1.08. The van der Waals surface area contributed by atoms with Crippen molar-refractivity contribution in [1.82, 2.24) is 10.2 Å². The molecule has 7 nitrogen and oxygen atoms in total. The van der Waals surface area contributed by atoms with E-state index in [9.17, 15) is 14.4 Å². The zero-order valence-corrected chi connectivity index (χ0v) is 11.9. The van der Waals surface area contributed by atoms with Crippen molar-refractivity contribution in [3.05, 3.63) is 0 Å². The standard InChI is InChI=1S/C12H22N2O5/c1-5-6-14(8-10(16)17)9(15)7-13-11(18)19-12(2,3)4/h5-8H2,1-4H3,(H,13,18)(H,16,17). The predicted molar refractivity (Wildman–Crippen MR) is 68.7 cm³/mol. The van der Waals surface area contributed by atoms with E-state index in [4.69, 9.17) is 9.84 Å². The first-order valence-electron chi connectivity index (χ1n) is 6.12. The molecule has 0 aromatic rings. The second-order valence-electron chi connectivity index (χ2n) is 5.06. The molecule has 0 fully saturated rings. The lowest BCUT2D eigenvalue weighted by Crippen LogP contribution is -2.44. The van der Waals surface area contributed by atoms with E-state index in [-0.39, 0.29) is 13.1 Å². The van der Waals surface area contributed by atoms with Gasteiger partial charge in [0.05, 0.1) is 0 Å². The minimum absolute atomic E-state index is 0.276. The normalized spacial score (nSPS) is 10.7. The average molecular weight is 274 g/mol. The molecule has 0 heterocycles. The Hall–Kier alpha value is -1.79. The lowest BCUT2D eigenvalue weighted by atomic mass is 10.2. The first-order valence-corrected chi connectivity index (χ1v) is 6.12. The van der Waals surface area contributed by atoms with Crippen LogP contribution in [0.15, 0.2) is 0 Å². The summed E-state index contributed by atoms with van der Waals surface area (Å²) in [5.74, 6) is -1.53. The van der Waals surface area contributed by atoms with Crippen LogP contribution in [0, 0.1) is 0 Å². The first-order chi connectivity index (χ1) is 8.65. The molecular weight excluding hydrogens is 252 g/mol. The van der Waals surface area contributed by atoms with Gasteiger partial charge in [-0.3, -0.25) is 9.59 Å². The molecule has 0 aromatic carbocycles. The molecular formula is C12H22N2O5. The maximum absolute atomic E-state index is 11.7. The third kappa shape index (κ3) is 8.87. The summed E-state index contributed by atoms with van der Waals surface area (Å²) in [7, 11) is 0. The molecule has 0 aliphatic rings. The third-order valence-electron chi connectivity index (χ3n) is 1.96. The fourth-order valence-electron chi connectivity index (χ4n) is 1.30. The zero-order chi connectivity index (χ0) is 15.1. The highest BCUT2D eigenvalue weighted by atomic mass is 16.6. The van der Waals surface area contributed by atoms with Gasteiger partial charge in [0.1, 0.15) is 18.7 Å². The highest BCUT2D eigenvalue weighted by Gasteiger charge is 2.19. The van der Waals surface area contributed by atoms with Gasteiger partial charge in [-0.1, -0.05) is 6.92 Å². The summed E-state index contributed by atoms with van der Waals surface area (Å²) in [5.41, 5.74) is -0.642. The maximum atomic E-state index is 11.7. The number of nitrogens with zero attached hydrogens (tertiary/aromatic N) is 1. The molecule has 0 atom stereocenters. The number of alkyl carbamates (subject to hydrolysis) is 1. The molecule has 7 heteroatoms. The number of carboxylic acid groups (broad SMARTS) is 1. The summed E-state index contributed by atoms with van der Waals surface area (Å²) < 4.78 is 4.97. The van der Waals surface area contributed by atoms with Gasteiger partial charge in [0.25, 0.3) is 0 Å². The Morgan fingerprint density at radius 2 is 1.84 bits per heavy atom. The topological polar surface area (TPSA) is 95.9 Å². The highest BCUT2D eigenvalue weighted by molar-refractivity contribution is 5.85. The van der Waals surface area contributed by atoms with E-state index in [0.29, 0.717) is 13.0 Å². The summed E-state index contributed by atoms with van der Waals surface area (Å²) in [6, 6.07) is 0. The number of ether oxygens (including phenoxy) is 1. The van der Waals surface area contributed by atoms with Gasteiger partial charge in [-0.25, -0.2) is 4.79 Å². The van der Waals surface area contributed by atoms with Crippen molar-refractivity contribution in [2.45, 2.75) is 39.7 Å². The number of carboxylic acids is 1. The lowest BCUT2D eigenvalue weighted by Gasteiger charge is -2.22. The van der Waals surface area contributed by atoms with Crippen LogP contribution in [0.4, 0.5) is 4.79 Å². The van der Waals surface area contributed by atoms with E-state index in [1.165, 1.54) is 4.90 Å². The van der Waals surface area contributed by atoms with Crippen molar-refractivity contribution in [3.63, 3.8) is 0 Å². The van der Waals surface area contributed by atoms with Crippen LogP contribution in [-0.4, -0.2) is 53.2 Å². The van der Waals surface area contributed by atoms with Gasteiger partial charge in [-0.05, 0) is 27.2 Å². The van der Waals surface area contributed by atoms with E-state index in [0.717, 1.165) is 0 Å². The fraction of sp³-hybridized carbons (Fsp3) is 0.750. The summed E-state index contributed by atoms with van der Waals surface area (Å²) in [6.45, 7) is 6.65. The fourth-order valence-corrected chi connectivity index (χ4v) is 1.30. The van der Waals surface area contributed by atoms with Crippen molar-refractivity contribution in [2.75, 3.05) is 19.6 Å². The second-order valence-corrected chi connectivity index (χ2v) is 5.06. The van der Waals surface area contributed by atoms with Crippen molar-refractivity contribution in [3.8, 4) is 0 Å². The summed E-state index contributed by atoms with van der Waals surface area (Å²) in [6.07, 6.45) is -0.0570. The van der Waals surface area contributed by atoms with E-state index in [1.54, 1.807) is 20.8 Å². The summed E-state index contributed by atoms with van der Waals surface area (Å²) in [4.78, 5) is 34.9. The van der Waals surface area contributed by atoms with Crippen LogP contribution in [0.5, 0.6) is 0 Å². The number of amides is 2. The number of carbonyl (C=O) groups is 3. The molecule has 0 saturated heterocycles. The molecule has 0 saturated carbocycles. The van der Waals surface area contributed by atoms with E-state index in [2.05, 4.69) is 5.32 Å². The van der Waals surface area contributed by atoms with Gasteiger partial charge in [0, 0.05) is 6.54 Å². The molecule has 0 radical (unpaired) electrons. The number of hydrogen-bond acceptors (Lipinski definition) is 4. The van der Waals surface area contributed by atoms with Gasteiger partial charge < -0.3 is 20.1 Å². The summed E-state index contributed by atoms with van der Waals surface area (Å²) in [5, 5.41) is 11.0. The molecule has 19 heavy (non-hydrogen) atoms. The second kappa shape index (κ2) is 7.60. The minimum Gasteiger partial charge on any atom is -0.480 e. The third-order valence-corrected chi connectivity index (χ3v) is 1.96. The Kier molecular flexibility index (Phi) is 6.89. The SMILES string of the molecule is CCCN(CC(=O)O)C(=O)CNC(=O)OC(C)(C)C. The van der Waals surface area contributed by atoms with Gasteiger partial charge >= 0.3 is 12.1 Å². The molecule has 0 unspecified atom stereocenters. The van der Waals surface area contributed by atoms with Gasteiger partial charge in [0.2, 0.25) is 5.91 Å². The number of aliphatic carboxylic acids is 1. The zero-order valence-electron chi connectivity index (χ0n) is 11.9. The Labute approximate surface area is 112 Å². The molecule has 0 aromatic heterocycles. The van der Waals surface area contributed by atoms with Crippen molar-refractivity contribution in [2.24, 2.45) is 0 Å². The van der Waals surface area contributed by atoms with Crippen LogP contribution in [-0.2, 0) is 14.3 Å². The van der Waals surface area contributed by atoms with Gasteiger partial charge in [0.15, 0.2) is 0 Å². The van der Waals surface area contributed by atoms with E-state index >= 15 is 0 Å². The Morgan fingerprint density at radius 3 is 2.26 bits per heavy atom. The van der Waals surface area contributed by atoms with E-state index in [1.807, 2.05) is 6.92 Å². The Morgan fingerprint density at radius 1 is 1.26 bits per heavy atom. The average Bonchev–Trinajstić information content (AvgIpc) is 2.22. The molecule has 0 bridgehead atoms. The van der Waals surface area contributed by atoms with Gasteiger partial charge in [-0.2, -0.15) is 0 Å². The first kappa shape index (κ1) is 17.2. The maximum Gasteiger partial charge on any atom is 0.408 e. The number of nitrogens with one attached hydrogen (secondary N) is 1. The van der Waals surface area contributed by atoms with Gasteiger partial charge in [-0.15, -0.1) is 0 Å². The highest BCUT2D eigenvalue weighted by Crippen LogP contribution is 2.06. The summed E-state index contributed by atoms with van der Waals surface area (Å²) >= 11 is 0. The molecule has 0 spiro atoms. The molecule has 0 aliphatic carbocycles. The molecule has 0 aliphatic heterocycles. The monoisotopic (exact) mass is 274 g/mol. The number of carbonyl (C=O) groups excluding carboxylic acids is 2. The van der Waals surface area contributed by atoms with E-state index < -0.39 is 23.6 Å². The predicted octanol–water partition coefficient (Wildman–Crippen LogP) is 0.834.